The highest BCUT2D eigenvalue weighted by molar-refractivity contribution is 7.80. The molecule has 8 heteroatoms. The summed E-state index contributed by atoms with van der Waals surface area (Å²) in [6, 6.07) is 0. The lowest BCUT2D eigenvalue weighted by Crippen LogP contribution is -2.42. The van der Waals surface area contributed by atoms with E-state index in [0.29, 0.717) is 0 Å². The molecule has 0 aromatic carbocycles. The summed E-state index contributed by atoms with van der Waals surface area (Å²) in [5, 5.41) is 5.49. The number of nitrogens with one attached hydrogen (secondary N) is 2. The van der Waals surface area contributed by atoms with E-state index in [0.717, 1.165) is 9.88 Å². The largest absolute Gasteiger partial charge is 0.392 e. The van der Waals surface area contributed by atoms with Crippen molar-refractivity contribution in [2.75, 3.05) is 6.54 Å². The van der Waals surface area contributed by atoms with Crippen LogP contribution >= 0.6 is 23.6 Å². The first-order chi connectivity index (χ1) is 7.99. The maximum Gasteiger partial charge on any atom is 0.309 e. The first-order valence-corrected chi connectivity index (χ1v) is 5.97. The maximum absolute atomic E-state index is 11.3. The second-order valence-corrected chi connectivity index (χ2v) is 5.04. The molecule has 2 amide bonds. The molecule has 92 valence electrons. The van der Waals surface area contributed by atoms with Crippen molar-refractivity contribution >= 4 is 40.4 Å². The number of carbonyl (C=O) groups is 2. The minimum atomic E-state index is -0.758. The van der Waals surface area contributed by atoms with Crippen molar-refractivity contribution in [1.29, 1.82) is 0 Å². The Hall–Kier alpha value is -1.54. The van der Waals surface area contributed by atoms with Gasteiger partial charge in [0.05, 0.1) is 18.1 Å². The second kappa shape index (κ2) is 6.26. The maximum atomic E-state index is 11.3. The van der Waals surface area contributed by atoms with Gasteiger partial charge < -0.3 is 16.4 Å². The van der Waals surface area contributed by atoms with E-state index >= 15 is 0 Å². The van der Waals surface area contributed by atoms with Crippen LogP contribution in [0.1, 0.15) is 9.88 Å². The molecular formula is C9H12N4O2S2. The van der Waals surface area contributed by atoms with Crippen LogP contribution in [-0.4, -0.2) is 28.3 Å². The summed E-state index contributed by atoms with van der Waals surface area (Å²) >= 11 is 6.03. The van der Waals surface area contributed by atoms with Crippen LogP contribution in [0.3, 0.4) is 0 Å². The molecule has 0 bridgehead atoms. The van der Waals surface area contributed by atoms with Crippen LogP contribution in [0.4, 0.5) is 0 Å². The third-order valence-corrected chi connectivity index (χ3v) is 2.76. The molecule has 0 aliphatic heterocycles. The Balaban J connectivity index is 2.34. The zero-order valence-electron chi connectivity index (χ0n) is 9.15. The average molecular weight is 272 g/mol. The molecular weight excluding hydrogens is 260 g/mol. The zero-order valence-corrected chi connectivity index (χ0v) is 10.8. The Kier molecular flexibility index (Phi) is 4.98. The van der Waals surface area contributed by atoms with Crippen LogP contribution in [0.5, 0.6) is 0 Å². The van der Waals surface area contributed by atoms with Crippen molar-refractivity contribution in [1.82, 2.24) is 15.6 Å². The number of aromatic nitrogens is 1. The van der Waals surface area contributed by atoms with Gasteiger partial charge in [0, 0.05) is 11.1 Å². The predicted octanol–water partition coefficient (Wildman–Crippen LogP) is -0.530. The molecule has 0 fully saturated rings. The number of rotatable bonds is 4. The Morgan fingerprint density at radius 3 is 2.65 bits per heavy atom. The van der Waals surface area contributed by atoms with E-state index in [-0.39, 0.29) is 18.1 Å². The standard InChI is InChI=1S/C9H12N4O2S2/c1-5-2-11-7(17-5)4-13-9(15)8(14)12-3-6(10)16/h2H,3-4H2,1H3,(H2,10,16)(H,12,14)(H,13,15). The number of aryl methyl sites for hydroxylation is 1. The van der Waals surface area contributed by atoms with E-state index < -0.39 is 11.8 Å². The average Bonchev–Trinajstić information content (AvgIpc) is 2.68. The zero-order chi connectivity index (χ0) is 12.8. The number of nitrogens with zero attached hydrogens (tertiary/aromatic N) is 1. The smallest absolute Gasteiger partial charge is 0.309 e. The molecule has 0 aliphatic rings. The molecule has 0 aliphatic carbocycles. The molecule has 0 saturated carbocycles. The predicted molar refractivity (Wildman–Crippen MR) is 68.5 cm³/mol. The van der Waals surface area contributed by atoms with Gasteiger partial charge in [0.2, 0.25) is 0 Å². The number of thiazole rings is 1. The van der Waals surface area contributed by atoms with Crippen LogP contribution in [0.25, 0.3) is 0 Å². The summed E-state index contributed by atoms with van der Waals surface area (Å²) < 4.78 is 0. The third kappa shape index (κ3) is 4.87. The van der Waals surface area contributed by atoms with Gasteiger partial charge in [0.15, 0.2) is 0 Å². The van der Waals surface area contributed by atoms with E-state index in [1.54, 1.807) is 6.20 Å². The third-order valence-electron chi connectivity index (χ3n) is 1.70. The lowest BCUT2D eigenvalue weighted by molar-refractivity contribution is -0.139. The minimum absolute atomic E-state index is 0.0119. The molecule has 4 N–H and O–H groups in total. The van der Waals surface area contributed by atoms with Crippen molar-refractivity contribution in [2.24, 2.45) is 5.73 Å². The molecule has 1 aromatic heterocycles. The number of hydrogen-bond donors (Lipinski definition) is 3. The van der Waals surface area contributed by atoms with Crippen molar-refractivity contribution in [2.45, 2.75) is 13.5 Å². The molecule has 0 atom stereocenters. The number of nitrogens with two attached hydrogens (primary N) is 1. The Labute approximate surface area is 108 Å². The topological polar surface area (TPSA) is 97.1 Å². The van der Waals surface area contributed by atoms with Gasteiger partial charge in [0.1, 0.15) is 5.01 Å². The number of amides is 2. The number of hydrogen-bond acceptors (Lipinski definition) is 5. The Bertz CT molecular complexity index is 444. The van der Waals surface area contributed by atoms with Crippen LogP contribution < -0.4 is 16.4 Å². The van der Waals surface area contributed by atoms with Crippen molar-refractivity contribution in [3.05, 3.63) is 16.1 Å². The van der Waals surface area contributed by atoms with Crippen LogP contribution in [0.15, 0.2) is 6.20 Å². The van der Waals surface area contributed by atoms with E-state index in [4.69, 9.17) is 5.73 Å². The summed E-state index contributed by atoms with van der Waals surface area (Å²) in [5.41, 5.74) is 5.19. The first kappa shape index (κ1) is 13.5. The molecule has 6 nitrogen and oxygen atoms in total. The fourth-order valence-electron chi connectivity index (χ4n) is 0.967. The van der Waals surface area contributed by atoms with Crippen LogP contribution in [-0.2, 0) is 16.1 Å². The molecule has 0 unspecified atom stereocenters. The van der Waals surface area contributed by atoms with Crippen molar-refractivity contribution < 1.29 is 9.59 Å². The van der Waals surface area contributed by atoms with Gasteiger partial charge in [-0.15, -0.1) is 11.3 Å². The van der Waals surface area contributed by atoms with Crippen LogP contribution in [0.2, 0.25) is 0 Å². The van der Waals surface area contributed by atoms with Crippen molar-refractivity contribution in [3.63, 3.8) is 0 Å². The molecule has 0 saturated heterocycles. The molecule has 0 radical (unpaired) electrons. The second-order valence-electron chi connectivity index (χ2n) is 3.20. The van der Waals surface area contributed by atoms with Gasteiger partial charge in [-0.1, -0.05) is 12.2 Å². The minimum Gasteiger partial charge on any atom is -0.392 e. The van der Waals surface area contributed by atoms with Gasteiger partial charge >= 0.3 is 11.8 Å². The highest BCUT2D eigenvalue weighted by Crippen LogP contribution is 2.10. The lowest BCUT2D eigenvalue weighted by atomic mass is 10.5. The highest BCUT2D eigenvalue weighted by Gasteiger charge is 2.13. The highest BCUT2D eigenvalue weighted by atomic mass is 32.1. The monoisotopic (exact) mass is 272 g/mol. The van der Waals surface area contributed by atoms with Gasteiger partial charge in [0.25, 0.3) is 0 Å². The van der Waals surface area contributed by atoms with Crippen molar-refractivity contribution in [3.8, 4) is 0 Å². The van der Waals surface area contributed by atoms with E-state index in [1.807, 2.05) is 6.92 Å². The van der Waals surface area contributed by atoms with Gasteiger partial charge in [-0.05, 0) is 6.92 Å². The fourth-order valence-corrected chi connectivity index (χ4v) is 1.77. The molecule has 1 heterocycles. The molecule has 1 aromatic rings. The summed E-state index contributed by atoms with van der Waals surface area (Å²) in [4.78, 5) is 27.8. The van der Waals surface area contributed by atoms with E-state index in [2.05, 4.69) is 27.8 Å². The molecule has 17 heavy (non-hydrogen) atoms. The van der Waals surface area contributed by atoms with Gasteiger partial charge in [-0.2, -0.15) is 0 Å². The Morgan fingerprint density at radius 2 is 2.12 bits per heavy atom. The van der Waals surface area contributed by atoms with E-state index in [9.17, 15) is 9.59 Å². The quantitative estimate of drug-likeness (QED) is 0.506. The molecule has 0 spiro atoms. The van der Waals surface area contributed by atoms with Gasteiger partial charge in [-0.25, -0.2) is 4.98 Å². The summed E-state index contributed by atoms with van der Waals surface area (Å²) in [7, 11) is 0. The number of thiocarbonyl (C=S) groups is 1. The van der Waals surface area contributed by atoms with Gasteiger partial charge in [-0.3, -0.25) is 9.59 Å². The number of carbonyl (C=O) groups excluding carboxylic acids is 2. The normalized spacial score (nSPS) is 9.71. The van der Waals surface area contributed by atoms with E-state index in [1.165, 1.54) is 11.3 Å². The van der Waals surface area contributed by atoms with Crippen LogP contribution in [0, 0.1) is 6.92 Å². The SMILES string of the molecule is Cc1cnc(CNC(=O)C(=O)NCC(N)=S)s1. The summed E-state index contributed by atoms with van der Waals surface area (Å²) in [6.07, 6.45) is 1.71. The fraction of sp³-hybridized carbons (Fsp3) is 0.333. The summed E-state index contributed by atoms with van der Waals surface area (Å²) in [5.74, 6) is -1.49. The molecule has 1 rings (SSSR count). The first-order valence-electron chi connectivity index (χ1n) is 4.74. The Morgan fingerprint density at radius 1 is 1.47 bits per heavy atom. The lowest BCUT2D eigenvalue weighted by Gasteiger charge is -2.03. The summed E-state index contributed by atoms with van der Waals surface area (Å²) in [6.45, 7) is 2.16.